The molecule has 0 radical (unpaired) electrons. The van der Waals surface area contributed by atoms with Crippen LogP contribution in [-0.2, 0) is 12.8 Å². The summed E-state index contributed by atoms with van der Waals surface area (Å²) in [5.41, 5.74) is 1.30. The summed E-state index contributed by atoms with van der Waals surface area (Å²) in [6.07, 6.45) is 5.76. The van der Waals surface area contributed by atoms with Gasteiger partial charge in [0.05, 0.1) is 4.88 Å². The maximum Gasteiger partial charge on any atom is 0.266 e. The molecular formula is C15H15FN2OS. The number of rotatable bonds is 2. The molecule has 0 saturated carbocycles. The number of hydrogen-bond donors (Lipinski definition) is 1. The van der Waals surface area contributed by atoms with E-state index in [9.17, 15) is 9.18 Å². The first-order chi connectivity index (χ1) is 9.72. The van der Waals surface area contributed by atoms with E-state index in [1.165, 1.54) is 41.8 Å². The molecule has 0 unspecified atom stereocenters. The van der Waals surface area contributed by atoms with Gasteiger partial charge in [-0.25, -0.2) is 4.98 Å². The van der Waals surface area contributed by atoms with Crippen molar-refractivity contribution in [1.82, 2.24) is 4.98 Å². The third-order valence-electron chi connectivity index (χ3n) is 3.43. The Morgan fingerprint density at radius 3 is 2.95 bits per heavy atom. The average Bonchev–Trinajstić information content (AvgIpc) is 2.70. The number of carbonyl (C=O) groups excluding carboxylic acids is 1. The van der Waals surface area contributed by atoms with Gasteiger partial charge >= 0.3 is 0 Å². The largest absolute Gasteiger partial charge is 0.306 e. The monoisotopic (exact) mass is 290 g/mol. The Kier molecular flexibility index (Phi) is 3.78. The number of hydrogen-bond acceptors (Lipinski definition) is 3. The molecule has 0 saturated heterocycles. The fourth-order valence-corrected chi connectivity index (χ4v) is 3.58. The predicted octanol–water partition coefficient (Wildman–Crippen LogP) is 3.80. The van der Waals surface area contributed by atoms with E-state index < -0.39 is 5.95 Å². The summed E-state index contributed by atoms with van der Waals surface area (Å²) in [5, 5.41) is 2.64. The smallest absolute Gasteiger partial charge is 0.266 e. The highest BCUT2D eigenvalue weighted by Crippen LogP contribution is 2.29. The number of carbonyl (C=O) groups is 1. The average molecular weight is 290 g/mol. The van der Waals surface area contributed by atoms with Crippen LogP contribution in [0.2, 0.25) is 0 Å². The second-order valence-corrected chi connectivity index (χ2v) is 6.06. The summed E-state index contributed by atoms with van der Waals surface area (Å²) in [6.45, 7) is 0. The molecule has 104 valence electrons. The predicted molar refractivity (Wildman–Crippen MR) is 77.7 cm³/mol. The number of nitrogens with one attached hydrogen (secondary N) is 1. The zero-order valence-corrected chi connectivity index (χ0v) is 11.8. The number of nitrogens with zero attached hydrogens (tertiary/aromatic N) is 1. The van der Waals surface area contributed by atoms with Crippen molar-refractivity contribution < 1.29 is 9.18 Å². The van der Waals surface area contributed by atoms with Gasteiger partial charge in [-0.1, -0.05) is 12.5 Å². The van der Waals surface area contributed by atoms with Gasteiger partial charge in [-0.3, -0.25) is 4.79 Å². The van der Waals surface area contributed by atoms with Crippen LogP contribution < -0.4 is 5.32 Å². The van der Waals surface area contributed by atoms with Crippen LogP contribution >= 0.6 is 11.3 Å². The van der Waals surface area contributed by atoms with Gasteiger partial charge in [0.1, 0.15) is 5.82 Å². The van der Waals surface area contributed by atoms with Crippen LogP contribution in [0.25, 0.3) is 0 Å². The fourth-order valence-electron chi connectivity index (χ4n) is 2.44. The molecule has 1 aliphatic carbocycles. The molecule has 20 heavy (non-hydrogen) atoms. The normalized spacial score (nSPS) is 14.4. The van der Waals surface area contributed by atoms with Crippen molar-refractivity contribution >= 4 is 23.1 Å². The maximum absolute atomic E-state index is 13.0. The van der Waals surface area contributed by atoms with Gasteiger partial charge in [-0.15, -0.1) is 11.3 Å². The molecule has 1 amide bonds. The molecule has 0 atom stereocenters. The van der Waals surface area contributed by atoms with E-state index in [4.69, 9.17) is 0 Å². The lowest BCUT2D eigenvalue weighted by Crippen LogP contribution is -2.11. The number of amides is 1. The molecule has 3 rings (SSSR count). The highest BCUT2D eigenvalue weighted by Gasteiger charge is 2.16. The molecule has 1 N–H and O–H groups in total. The van der Waals surface area contributed by atoms with Crippen LogP contribution in [0.5, 0.6) is 0 Å². The van der Waals surface area contributed by atoms with E-state index >= 15 is 0 Å². The van der Waals surface area contributed by atoms with E-state index in [1.807, 2.05) is 6.07 Å². The lowest BCUT2D eigenvalue weighted by Gasteiger charge is -2.02. The molecule has 0 aromatic carbocycles. The lowest BCUT2D eigenvalue weighted by molar-refractivity contribution is 0.103. The van der Waals surface area contributed by atoms with Crippen LogP contribution in [0.3, 0.4) is 0 Å². The SMILES string of the molecule is O=C(Nc1cccc(F)n1)c1cc2c(s1)CCCCC2. The molecule has 0 spiro atoms. The minimum Gasteiger partial charge on any atom is -0.306 e. The summed E-state index contributed by atoms with van der Waals surface area (Å²) in [5.74, 6) is -0.551. The summed E-state index contributed by atoms with van der Waals surface area (Å²) in [7, 11) is 0. The minimum absolute atomic E-state index is 0.207. The van der Waals surface area contributed by atoms with Crippen LogP contribution in [0.1, 0.15) is 39.4 Å². The van der Waals surface area contributed by atoms with Gasteiger partial charge in [0.25, 0.3) is 5.91 Å². The molecule has 0 fully saturated rings. The van der Waals surface area contributed by atoms with E-state index in [-0.39, 0.29) is 11.7 Å². The van der Waals surface area contributed by atoms with E-state index in [1.54, 1.807) is 17.4 Å². The standard InChI is InChI=1S/C15H15FN2OS/c16-13-7-4-8-14(17-13)18-15(19)12-9-10-5-2-1-3-6-11(10)20-12/h4,7-9H,1-3,5-6H2,(H,17,18,19). The molecule has 5 heteroatoms. The van der Waals surface area contributed by atoms with Crippen molar-refractivity contribution in [3.63, 3.8) is 0 Å². The van der Waals surface area contributed by atoms with Crippen molar-refractivity contribution in [1.29, 1.82) is 0 Å². The van der Waals surface area contributed by atoms with E-state index in [2.05, 4.69) is 10.3 Å². The Bertz CT molecular complexity index is 615. The number of halogens is 1. The van der Waals surface area contributed by atoms with Crippen LogP contribution in [-0.4, -0.2) is 10.9 Å². The van der Waals surface area contributed by atoms with Gasteiger partial charge in [0, 0.05) is 4.88 Å². The Hall–Kier alpha value is -1.75. The summed E-state index contributed by atoms with van der Waals surface area (Å²) < 4.78 is 13.0. The molecular weight excluding hydrogens is 275 g/mol. The summed E-state index contributed by atoms with van der Waals surface area (Å²) >= 11 is 1.55. The quantitative estimate of drug-likeness (QED) is 0.675. The third kappa shape index (κ3) is 2.88. The second-order valence-electron chi connectivity index (χ2n) is 4.92. The van der Waals surface area contributed by atoms with Crippen molar-refractivity contribution in [2.24, 2.45) is 0 Å². The van der Waals surface area contributed by atoms with Gasteiger partial charge < -0.3 is 5.32 Å². The zero-order chi connectivity index (χ0) is 13.9. The van der Waals surface area contributed by atoms with Gasteiger partial charge in [0.15, 0.2) is 0 Å². The number of aryl methyl sites for hydroxylation is 2. The Morgan fingerprint density at radius 1 is 1.25 bits per heavy atom. The first-order valence-corrected chi connectivity index (χ1v) is 7.59. The van der Waals surface area contributed by atoms with Crippen LogP contribution in [0.15, 0.2) is 24.3 Å². The topological polar surface area (TPSA) is 42.0 Å². The Labute approximate surface area is 120 Å². The molecule has 0 bridgehead atoms. The fraction of sp³-hybridized carbons (Fsp3) is 0.333. The lowest BCUT2D eigenvalue weighted by atomic mass is 10.1. The molecule has 1 aliphatic rings. The van der Waals surface area contributed by atoms with Crippen molar-refractivity contribution in [3.8, 4) is 0 Å². The highest BCUT2D eigenvalue weighted by atomic mass is 32.1. The third-order valence-corrected chi connectivity index (χ3v) is 4.66. The van der Waals surface area contributed by atoms with Crippen molar-refractivity contribution in [2.75, 3.05) is 5.32 Å². The van der Waals surface area contributed by atoms with Crippen molar-refractivity contribution in [3.05, 3.63) is 45.5 Å². The summed E-state index contributed by atoms with van der Waals surface area (Å²) in [6, 6.07) is 6.34. The van der Waals surface area contributed by atoms with E-state index in [0.29, 0.717) is 4.88 Å². The van der Waals surface area contributed by atoms with E-state index in [0.717, 1.165) is 12.8 Å². The summed E-state index contributed by atoms with van der Waals surface area (Å²) in [4.78, 5) is 17.8. The Balaban J connectivity index is 1.77. The Morgan fingerprint density at radius 2 is 2.10 bits per heavy atom. The number of aromatic nitrogens is 1. The highest BCUT2D eigenvalue weighted by molar-refractivity contribution is 7.14. The minimum atomic E-state index is -0.593. The number of pyridine rings is 1. The van der Waals surface area contributed by atoms with Crippen LogP contribution in [0.4, 0.5) is 10.2 Å². The molecule has 2 heterocycles. The zero-order valence-electron chi connectivity index (χ0n) is 11.0. The first-order valence-electron chi connectivity index (χ1n) is 6.78. The van der Waals surface area contributed by atoms with Gasteiger partial charge in [0.2, 0.25) is 5.95 Å². The molecule has 3 nitrogen and oxygen atoms in total. The first kappa shape index (κ1) is 13.2. The van der Waals surface area contributed by atoms with Crippen LogP contribution in [0, 0.1) is 5.95 Å². The molecule has 2 aromatic rings. The number of anilines is 1. The van der Waals surface area contributed by atoms with Gasteiger partial charge in [-0.05, 0) is 49.4 Å². The van der Waals surface area contributed by atoms with Gasteiger partial charge in [-0.2, -0.15) is 4.39 Å². The molecule has 2 aromatic heterocycles. The number of thiophene rings is 1. The second kappa shape index (κ2) is 5.71. The maximum atomic E-state index is 13.0. The van der Waals surface area contributed by atoms with Crippen molar-refractivity contribution in [2.45, 2.75) is 32.1 Å². The number of fused-ring (bicyclic) bond motifs is 1. The molecule has 0 aliphatic heterocycles.